The Hall–Kier alpha value is -3.37. The molecule has 0 heterocycles. The highest BCUT2D eigenvalue weighted by atomic mass is 79.9. The van der Waals surface area contributed by atoms with E-state index in [0.29, 0.717) is 22.5 Å². The Morgan fingerprint density at radius 1 is 1.02 bits per heavy atom. The van der Waals surface area contributed by atoms with Crippen LogP contribution in [0, 0.1) is 6.92 Å². The molecule has 3 aromatic carbocycles. The van der Waals surface area contributed by atoms with Crippen LogP contribution in [0.3, 0.4) is 0 Å². The summed E-state index contributed by atoms with van der Waals surface area (Å²) in [6, 6.07) is 19.9. The third kappa shape index (κ3) is 7.85. The molecule has 214 valence electrons. The monoisotopic (exact) mass is 629 g/mol. The van der Waals surface area contributed by atoms with Gasteiger partial charge in [0.25, 0.3) is 10.0 Å². The number of anilines is 1. The fourth-order valence-electron chi connectivity index (χ4n) is 4.07. The maximum Gasteiger partial charge on any atom is 0.264 e. The molecule has 10 heteroatoms. The number of sulfonamides is 1. The molecular weight excluding hydrogens is 594 g/mol. The summed E-state index contributed by atoms with van der Waals surface area (Å²) >= 11 is 3.36. The van der Waals surface area contributed by atoms with Crippen molar-refractivity contribution in [2.24, 2.45) is 0 Å². The predicted molar refractivity (Wildman–Crippen MR) is 161 cm³/mol. The van der Waals surface area contributed by atoms with Crippen LogP contribution in [0.5, 0.6) is 5.75 Å². The number of benzene rings is 3. The number of carbonyl (C=O) groups is 2. The summed E-state index contributed by atoms with van der Waals surface area (Å²) in [7, 11) is -2.69. The van der Waals surface area contributed by atoms with Crippen LogP contribution in [-0.2, 0) is 26.2 Å². The van der Waals surface area contributed by atoms with Gasteiger partial charge in [-0.1, -0.05) is 61.4 Å². The summed E-state index contributed by atoms with van der Waals surface area (Å²) in [5, 5.41) is 2.89. The number of hydrogen-bond acceptors (Lipinski definition) is 5. The van der Waals surface area contributed by atoms with Crippen molar-refractivity contribution in [1.29, 1.82) is 0 Å². The Bertz CT molecular complexity index is 1400. The largest absolute Gasteiger partial charge is 0.496 e. The van der Waals surface area contributed by atoms with Gasteiger partial charge in [-0.25, -0.2) is 8.42 Å². The summed E-state index contributed by atoms with van der Waals surface area (Å²) in [6.45, 7) is 5.75. The Morgan fingerprint density at radius 3 is 2.30 bits per heavy atom. The van der Waals surface area contributed by atoms with Gasteiger partial charge in [0, 0.05) is 13.1 Å². The highest BCUT2D eigenvalue weighted by Gasteiger charge is 2.32. The minimum Gasteiger partial charge on any atom is -0.496 e. The molecule has 2 amide bonds. The fourth-order valence-corrected chi connectivity index (χ4v) is 6.21. The predicted octanol–water partition coefficient (Wildman–Crippen LogP) is 5.30. The topological polar surface area (TPSA) is 96.0 Å². The number of amides is 2. The molecule has 3 rings (SSSR count). The molecule has 0 radical (unpaired) electrons. The van der Waals surface area contributed by atoms with Crippen molar-refractivity contribution >= 4 is 43.5 Å². The molecule has 0 spiro atoms. The van der Waals surface area contributed by atoms with Crippen LogP contribution >= 0.6 is 15.9 Å². The number of aryl methyl sites for hydroxylation is 1. The average Bonchev–Trinajstić information content (AvgIpc) is 2.95. The summed E-state index contributed by atoms with van der Waals surface area (Å²) in [6.07, 6.45) is 1.74. The van der Waals surface area contributed by atoms with E-state index < -0.39 is 28.5 Å². The number of ether oxygens (including phenoxy) is 1. The third-order valence-corrected chi connectivity index (χ3v) is 8.89. The molecule has 0 saturated heterocycles. The first-order chi connectivity index (χ1) is 19.1. The molecule has 0 aliphatic rings. The van der Waals surface area contributed by atoms with Gasteiger partial charge in [0.15, 0.2) is 0 Å². The summed E-state index contributed by atoms with van der Waals surface area (Å²) < 4.78 is 34.8. The maximum atomic E-state index is 14.0. The zero-order chi connectivity index (χ0) is 29.3. The average molecular weight is 631 g/mol. The molecule has 0 bridgehead atoms. The Morgan fingerprint density at radius 2 is 1.70 bits per heavy atom. The first-order valence-corrected chi connectivity index (χ1v) is 15.4. The lowest BCUT2D eigenvalue weighted by Gasteiger charge is -2.32. The molecule has 40 heavy (non-hydrogen) atoms. The number of hydrogen-bond donors (Lipinski definition) is 1. The third-order valence-electron chi connectivity index (χ3n) is 6.50. The smallest absolute Gasteiger partial charge is 0.264 e. The fraction of sp³-hybridized carbons (Fsp3) is 0.333. The second kappa shape index (κ2) is 14.3. The molecule has 0 aliphatic heterocycles. The van der Waals surface area contributed by atoms with E-state index in [9.17, 15) is 18.0 Å². The van der Waals surface area contributed by atoms with E-state index in [-0.39, 0.29) is 17.3 Å². The van der Waals surface area contributed by atoms with E-state index in [0.717, 1.165) is 28.3 Å². The first-order valence-electron chi connectivity index (χ1n) is 13.1. The molecule has 0 saturated carbocycles. The standard InChI is InChI=1S/C30H36BrN3O5S/c1-5-6-18-32-30(36)23(3)33(20-24-10-8-7-9-11-24)29(35)21-34(25-14-12-22(2)13-15-25)40(37,38)26-16-17-28(39-4)27(31)19-26/h7-17,19,23H,5-6,18,20-21H2,1-4H3,(H,32,36)/t23-/m1/s1. The number of nitrogens with zero attached hydrogens (tertiary/aromatic N) is 2. The Kier molecular flexibility index (Phi) is 11.2. The number of unbranched alkanes of at least 4 members (excludes halogenated alkanes) is 1. The van der Waals surface area contributed by atoms with Crippen molar-refractivity contribution in [3.8, 4) is 5.75 Å². The van der Waals surface area contributed by atoms with Crippen molar-refractivity contribution < 1.29 is 22.7 Å². The lowest BCUT2D eigenvalue weighted by atomic mass is 10.1. The molecule has 0 aromatic heterocycles. The summed E-state index contributed by atoms with van der Waals surface area (Å²) in [5.41, 5.74) is 2.11. The molecule has 8 nitrogen and oxygen atoms in total. The van der Waals surface area contributed by atoms with Crippen molar-refractivity contribution in [2.75, 3.05) is 24.5 Å². The van der Waals surface area contributed by atoms with Crippen molar-refractivity contribution in [3.63, 3.8) is 0 Å². The van der Waals surface area contributed by atoms with Gasteiger partial charge in [-0.15, -0.1) is 0 Å². The van der Waals surface area contributed by atoms with Crippen LogP contribution < -0.4 is 14.4 Å². The van der Waals surface area contributed by atoms with E-state index in [1.54, 1.807) is 37.3 Å². The molecule has 1 N–H and O–H groups in total. The quantitative estimate of drug-likeness (QED) is 0.259. The van der Waals surface area contributed by atoms with Crippen LogP contribution in [0.1, 0.15) is 37.8 Å². The summed E-state index contributed by atoms with van der Waals surface area (Å²) in [5.74, 6) is -0.311. The lowest BCUT2D eigenvalue weighted by molar-refractivity contribution is -0.139. The van der Waals surface area contributed by atoms with Gasteiger partial charge < -0.3 is 15.0 Å². The molecule has 0 fully saturated rings. The second-order valence-corrected chi connectivity index (χ2v) is 12.2. The van der Waals surface area contributed by atoms with Crippen LogP contribution in [0.2, 0.25) is 0 Å². The Balaban J connectivity index is 2.01. The van der Waals surface area contributed by atoms with Crippen LogP contribution in [0.25, 0.3) is 0 Å². The van der Waals surface area contributed by atoms with Gasteiger partial charge in [0.05, 0.1) is 22.2 Å². The molecule has 0 aliphatic carbocycles. The van der Waals surface area contributed by atoms with Gasteiger partial charge in [-0.05, 0) is 72.1 Å². The SMILES string of the molecule is CCCCNC(=O)[C@@H](C)N(Cc1ccccc1)C(=O)CN(c1ccc(C)cc1)S(=O)(=O)c1ccc(OC)c(Br)c1. The normalized spacial score (nSPS) is 11.9. The van der Waals surface area contributed by atoms with Crippen molar-refractivity contribution in [2.45, 2.75) is 51.1 Å². The van der Waals surface area contributed by atoms with Gasteiger partial charge in [-0.3, -0.25) is 13.9 Å². The maximum absolute atomic E-state index is 14.0. The summed E-state index contributed by atoms with van der Waals surface area (Å²) in [4.78, 5) is 28.4. The van der Waals surface area contributed by atoms with E-state index in [1.807, 2.05) is 44.2 Å². The van der Waals surface area contributed by atoms with E-state index in [2.05, 4.69) is 21.2 Å². The van der Waals surface area contributed by atoms with E-state index >= 15 is 0 Å². The van der Waals surface area contributed by atoms with Crippen LogP contribution in [-0.4, -0.2) is 51.4 Å². The second-order valence-electron chi connectivity index (χ2n) is 9.47. The van der Waals surface area contributed by atoms with Crippen molar-refractivity contribution in [3.05, 3.63) is 88.4 Å². The number of nitrogens with one attached hydrogen (secondary N) is 1. The van der Waals surface area contributed by atoms with Gasteiger partial charge >= 0.3 is 0 Å². The number of halogens is 1. The Labute approximate surface area is 245 Å². The van der Waals surface area contributed by atoms with Crippen LogP contribution in [0.4, 0.5) is 5.69 Å². The molecular formula is C30H36BrN3O5S. The highest BCUT2D eigenvalue weighted by molar-refractivity contribution is 9.10. The molecule has 3 aromatic rings. The highest BCUT2D eigenvalue weighted by Crippen LogP contribution is 2.31. The zero-order valence-electron chi connectivity index (χ0n) is 23.3. The number of carbonyl (C=O) groups excluding carboxylic acids is 2. The minimum absolute atomic E-state index is 0.00600. The van der Waals surface area contributed by atoms with Crippen LogP contribution in [0.15, 0.2) is 82.2 Å². The lowest BCUT2D eigenvalue weighted by Crippen LogP contribution is -2.51. The van der Waals surface area contributed by atoms with E-state index in [1.165, 1.54) is 24.1 Å². The number of rotatable bonds is 13. The van der Waals surface area contributed by atoms with Gasteiger partial charge in [0.2, 0.25) is 11.8 Å². The van der Waals surface area contributed by atoms with Gasteiger partial charge in [-0.2, -0.15) is 0 Å². The van der Waals surface area contributed by atoms with Crippen molar-refractivity contribution in [1.82, 2.24) is 10.2 Å². The zero-order valence-corrected chi connectivity index (χ0v) is 25.7. The number of methoxy groups -OCH3 is 1. The molecule has 1 atom stereocenters. The molecule has 0 unspecified atom stereocenters. The van der Waals surface area contributed by atoms with E-state index in [4.69, 9.17) is 4.74 Å². The first kappa shape index (κ1) is 31.2. The van der Waals surface area contributed by atoms with Gasteiger partial charge in [0.1, 0.15) is 18.3 Å². The minimum atomic E-state index is -4.18.